The summed E-state index contributed by atoms with van der Waals surface area (Å²) in [6.07, 6.45) is 11.1. The standard InChI is InChI=1S/C18H25NO/c1-15-8-7-9-16(14-15)12-13-18(20)19(2)17-10-5-3-4-6-11-17/h7-9,12-14,17H,3-6,10-11H2,1-2H3/b13-12+. The summed E-state index contributed by atoms with van der Waals surface area (Å²) >= 11 is 0. The molecule has 2 nitrogen and oxygen atoms in total. The first kappa shape index (κ1) is 14.8. The summed E-state index contributed by atoms with van der Waals surface area (Å²) in [5.74, 6) is 0.124. The first-order valence-corrected chi connectivity index (χ1v) is 7.68. The maximum absolute atomic E-state index is 12.3. The van der Waals surface area contributed by atoms with Crippen LogP contribution in [0.15, 0.2) is 30.3 Å². The van der Waals surface area contributed by atoms with Gasteiger partial charge in [0.25, 0.3) is 0 Å². The van der Waals surface area contributed by atoms with Crippen LogP contribution < -0.4 is 0 Å². The van der Waals surface area contributed by atoms with E-state index in [-0.39, 0.29) is 5.91 Å². The Kier molecular flexibility index (Phi) is 5.40. The maximum atomic E-state index is 12.3. The monoisotopic (exact) mass is 271 g/mol. The molecule has 0 saturated heterocycles. The van der Waals surface area contributed by atoms with Gasteiger partial charge in [0.05, 0.1) is 0 Å². The summed E-state index contributed by atoms with van der Waals surface area (Å²) in [4.78, 5) is 14.2. The van der Waals surface area contributed by atoms with Crippen LogP contribution in [-0.4, -0.2) is 23.9 Å². The molecule has 0 unspecified atom stereocenters. The average molecular weight is 271 g/mol. The second-order valence-corrected chi connectivity index (χ2v) is 5.84. The normalized spacial score (nSPS) is 17.1. The molecule has 1 aromatic rings. The number of benzene rings is 1. The molecule has 1 aromatic carbocycles. The molecule has 0 aliphatic heterocycles. The molecule has 0 bridgehead atoms. The van der Waals surface area contributed by atoms with Crippen molar-refractivity contribution in [3.05, 3.63) is 41.5 Å². The first-order valence-electron chi connectivity index (χ1n) is 7.68. The van der Waals surface area contributed by atoms with Gasteiger partial charge in [-0.15, -0.1) is 0 Å². The van der Waals surface area contributed by atoms with Crippen molar-refractivity contribution in [1.82, 2.24) is 4.90 Å². The molecule has 0 atom stereocenters. The number of nitrogens with zero attached hydrogens (tertiary/aromatic N) is 1. The van der Waals surface area contributed by atoms with E-state index >= 15 is 0 Å². The van der Waals surface area contributed by atoms with Crippen molar-refractivity contribution in [3.63, 3.8) is 0 Å². The zero-order chi connectivity index (χ0) is 14.4. The predicted octanol–water partition coefficient (Wildman–Crippen LogP) is 4.19. The van der Waals surface area contributed by atoms with E-state index < -0.39 is 0 Å². The largest absolute Gasteiger partial charge is 0.339 e. The quantitative estimate of drug-likeness (QED) is 0.596. The van der Waals surface area contributed by atoms with Gasteiger partial charge in [-0.25, -0.2) is 0 Å². The van der Waals surface area contributed by atoms with Crippen LogP contribution in [0, 0.1) is 6.92 Å². The number of amides is 1. The van der Waals surface area contributed by atoms with E-state index in [9.17, 15) is 4.79 Å². The van der Waals surface area contributed by atoms with Gasteiger partial charge in [-0.05, 0) is 31.4 Å². The van der Waals surface area contributed by atoms with Crippen molar-refractivity contribution in [2.24, 2.45) is 0 Å². The van der Waals surface area contributed by atoms with Crippen LogP contribution in [0.2, 0.25) is 0 Å². The summed E-state index contributed by atoms with van der Waals surface area (Å²) < 4.78 is 0. The highest BCUT2D eigenvalue weighted by molar-refractivity contribution is 5.91. The minimum atomic E-state index is 0.124. The van der Waals surface area contributed by atoms with E-state index in [2.05, 4.69) is 19.1 Å². The van der Waals surface area contributed by atoms with Gasteiger partial charge in [-0.2, -0.15) is 0 Å². The fourth-order valence-electron chi connectivity index (χ4n) is 2.88. The van der Waals surface area contributed by atoms with Gasteiger partial charge in [0.15, 0.2) is 0 Å². The molecule has 1 saturated carbocycles. The predicted molar refractivity (Wildman–Crippen MR) is 84.5 cm³/mol. The highest BCUT2D eigenvalue weighted by Gasteiger charge is 2.19. The van der Waals surface area contributed by atoms with E-state index in [1.165, 1.54) is 31.2 Å². The highest BCUT2D eigenvalue weighted by Crippen LogP contribution is 2.21. The Morgan fingerprint density at radius 1 is 1.20 bits per heavy atom. The Morgan fingerprint density at radius 2 is 1.90 bits per heavy atom. The number of rotatable bonds is 3. The summed E-state index contributed by atoms with van der Waals surface area (Å²) in [5.41, 5.74) is 2.31. The fourth-order valence-corrected chi connectivity index (χ4v) is 2.88. The average Bonchev–Trinajstić information content (AvgIpc) is 2.73. The molecule has 0 heterocycles. The van der Waals surface area contributed by atoms with Crippen molar-refractivity contribution in [2.45, 2.75) is 51.5 Å². The maximum Gasteiger partial charge on any atom is 0.246 e. The van der Waals surface area contributed by atoms with Crippen LogP contribution in [0.5, 0.6) is 0 Å². The van der Waals surface area contributed by atoms with Gasteiger partial charge in [-0.1, -0.05) is 55.5 Å². The van der Waals surface area contributed by atoms with Crippen LogP contribution in [0.4, 0.5) is 0 Å². The molecule has 0 radical (unpaired) electrons. The molecule has 1 fully saturated rings. The number of carbonyl (C=O) groups is 1. The Balaban J connectivity index is 1.96. The third-order valence-electron chi connectivity index (χ3n) is 4.18. The van der Waals surface area contributed by atoms with Crippen molar-refractivity contribution in [3.8, 4) is 0 Å². The third-order valence-corrected chi connectivity index (χ3v) is 4.18. The molecule has 0 N–H and O–H groups in total. The van der Waals surface area contributed by atoms with Crippen molar-refractivity contribution in [2.75, 3.05) is 7.05 Å². The van der Waals surface area contributed by atoms with Gasteiger partial charge in [0.1, 0.15) is 0 Å². The lowest BCUT2D eigenvalue weighted by Gasteiger charge is -2.26. The van der Waals surface area contributed by atoms with Gasteiger partial charge >= 0.3 is 0 Å². The van der Waals surface area contributed by atoms with E-state index in [0.29, 0.717) is 6.04 Å². The minimum Gasteiger partial charge on any atom is -0.339 e. The van der Waals surface area contributed by atoms with Gasteiger partial charge in [0, 0.05) is 19.2 Å². The van der Waals surface area contributed by atoms with E-state index in [4.69, 9.17) is 0 Å². The highest BCUT2D eigenvalue weighted by atomic mass is 16.2. The van der Waals surface area contributed by atoms with Crippen LogP contribution >= 0.6 is 0 Å². The zero-order valence-corrected chi connectivity index (χ0v) is 12.6. The molecular weight excluding hydrogens is 246 g/mol. The molecule has 2 heteroatoms. The molecule has 1 amide bonds. The number of hydrogen-bond acceptors (Lipinski definition) is 1. The molecule has 0 spiro atoms. The number of aryl methyl sites for hydroxylation is 1. The second-order valence-electron chi connectivity index (χ2n) is 5.84. The fraction of sp³-hybridized carbons (Fsp3) is 0.500. The van der Waals surface area contributed by atoms with Crippen molar-refractivity contribution < 1.29 is 4.79 Å². The summed E-state index contributed by atoms with van der Waals surface area (Å²) in [6, 6.07) is 8.63. The second kappa shape index (κ2) is 7.28. The molecule has 108 valence electrons. The van der Waals surface area contributed by atoms with Crippen molar-refractivity contribution >= 4 is 12.0 Å². The lowest BCUT2D eigenvalue weighted by Crippen LogP contribution is -2.35. The molecule has 20 heavy (non-hydrogen) atoms. The topological polar surface area (TPSA) is 20.3 Å². The number of carbonyl (C=O) groups excluding carboxylic acids is 1. The van der Waals surface area contributed by atoms with Crippen molar-refractivity contribution in [1.29, 1.82) is 0 Å². The van der Waals surface area contributed by atoms with E-state index in [0.717, 1.165) is 18.4 Å². The summed E-state index contributed by atoms with van der Waals surface area (Å²) in [5, 5.41) is 0. The molecular formula is C18H25NO. The Hall–Kier alpha value is -1.57. The Morgan fingerprint density at radius 3 is 2.55 bits per heavy atom. The molecule has 2 rings (SSSR count). The van der Waals surface area contributed by atoms with Gasteiger partial charge in [-0.3, -0.25) is 4.79 Å². The lowest BCUT2D eigenvalue weighted by molar-refractivity contribution is -0.126. The molecule has 0 aromatic heterocycles. The lowest BCUT2D eigenvalue weighted by atomic mass is 10.1. The minimum absolute atomic E-state index is 0.124. The van der Waals surface area contributed by atoms with E-state index in [1.54, 1.807) is 6.08 Å². The molecule has 1 aliphatic carbocycles. The van der Waals surface area contributed by atoms with Gasteiger partial charge in [0.2, 0.25) is 5.91 Å². The SMILES string of the molecule is Cc1cccc(/C=C/C(=O)N(C)C2CCCCCC2)c1. The number of hydrogen-bond donors (Lipinski definition) is 0. The zero-order valence-electron chi connectivity index (χ0n) is 12.6. The van der Waals surface area contributed by atoms with Crippen LogP contribution in [0.3, 0.4) is 0 Å². The van der Waals surface area contributed by atoms with Crippen LogP contribution in [-0.2, 0) is 4.79 Å². The summed E-state index contributed by atoms with van der Waals surface area (Å²) in [6.45, 7) is 2.07. The van der Waals surface area contributed by atoms with Crippen LogP contribution in [0.25, 0.3) is 6.08 Å². The van der Waals surface area contributed by atoms with E-state index in [1.807, 2.05) is 30.2 Å². The Bertz CT molecular complexity index is 470. The molecule has 1 aliphatic rings. The Labute approximate surface area is 122 Å². The number of likely N-dealkylation sites (N-methyl/N-ethyl adjacent to an activating group) is 1. The summed E-state index contributed by atoms with van der Waals surface area (Å²) in [7, 11) is 1.94. The van der Waals surface area contributed by atoms with Crippen LogP contribution in [0.1, 0.15) is 49.7 Å². The third kappa shape index (κ3) is 4.22. The first-order chi connectivity index (χ1) is 9.66. The smallest absolute Gasteiger partial charge is 0.246 e. The van der Waals surface area contributed by atoms with Gasteiger partial charge < -0.3 is 4.90 Å².